The van der Waals surface area contributed by atoms with Crippen LogP contribution in [0.2, 0.25) is 0 Å². The summed E-state index contributed by atoms with van der Waals surface area (Å²) in [5.74, 6) is -6.87. The molecule has 0 aliphatic rings. The highest BCUT2D eigenvalue weighted by atomic mass is 32.2. The minimum absolute atomic E-state index is 0.212. The first-order valence-electron chi connectivity index (χ1n) is 9.68. The molecule has 0 bridgehead atoms. The fourth-order valence-corrected chi connectivity index (χ4v) is 7.66. The number of carbonyl (C=O) groups is 2. The van der Waals surface area contributed by atoms with Crippen LogP contribution < -0.4 is 4.72 Å². The Hall–Kier alpha value is -2.34. The fourth-order valence-electron chi connectivity index (χ4n) is 3.00. The largest absolute Gasteiger partial charge is 0.481 e. The molecule has 0 aliphatic carbocycles. The first-order chi connectivity index (χ1) is 14.7. The number of carboxylic acids is 2. The standard InChI is InChI=1S/C18H27N2O10PS/c1-3-12(2)17(31(27,28)10-14(18(23)24)6-9-16(21)22)19-32(29,30)11-13-4-7-15(8-5-13)20(25)26/h4-5,7-8,12,14,17,19H,3,6,9-11H2,1-2H3,(H,21,22)(H,23,24)(H,27,28). The summed E-state index contributed by atoms with van der Waals surface area (Å²) in [5, 5.41) is 28.8. The van der Waals surface area contributed by atoms with Crippen molar-refractivity contribution in [3.63, 3.8) is 0 Å². The predicted octanol–water partition coefficient (Wildman–Crippen LogP) is 2.22. The normalized spacial score (nSPS) is 16.5. The van der Waals surface area contributed by atoms with Crippen molar-refractivity contribution in [3.05, 3.63) is 39.9 Å². The summed E-state index contributed by atoms with van der Waals surface area (Å²) in [7, 11) is -8.60. The number of hydrogen-bond acceptors (Lipinski definition) is 7. The van der Waals surface area contributed by atoms with Gasteiger partial charge in [0, 0.05) is 24.7 Å². The Morgan fingerprint density at radius 2 is 1.78 bits per heavy atom. The zero-order valence-corrected chi connectivity index (χ0v) is 19.3. The highest BCUT2D eigenvalue weighted by molar-refractivity contribution is 7.89. The van der Waals surface area contributed by atoms with E-state index in [1.165, 1.54) is 19.1 Å². The monoisotopic (exact) mass is 494 g/mol. The van der Waals surface area contributed by atoms with Crippen LogP contribution in [0.1, 0.15) is 38.7 Å². The van der Waals surface area contributed by atoms with Gasteiger partial charge in [0.2, 0.25) is 17.4 Å². The highest BCUT2D eigenvalue weighted by Gasteiger charge is 2.40. The minimum atomic E-state index is -4.42. The van der Waals surface area contributed by atoms with E-state index in [9.17, 15) is 42.7 Å². The third-order valence-electron chi connectivity index (χ3n) is 4.96. The molecular weight excluding hydrogens is 467 g/mol. The molecule has 4 unspecified atom stereocenters. The van der Waals surface area contributed by atoms with Crippen LogP contribution in [0, 0.1) is 22.0 Å². The van der Waals surface area contributed by atoms with E-state index in [1.54, 1.807) is 6.92 Å². The van der Waals surface area contributed by atoms with E-state index in [0.29, 0.717) is 6.42 Å². The molecule has 0 amide bonds. The number of aliphatic carboxylic acids is 2. The first kappa shape index (κ1) is 27.7. The van der Waals surface area contributed by atoms with Crippen molar-refractivity contribution in [2.75, 3.05) is 6.16 Å². The SMILES string of the molecule is CCC(C)C(NS(=O)(=O)Cc1ccc([N+](=O)[O-])cc1)P(=O)(O)CC(CCC(=O)O)C(=O)O. The van der Waals surface area contributed by atoms with Gasteiger partial charge in [0.15, 0.2) is 0 Å². The molecule has 0 heterocycles. The number of nitro groups is 1. The number of non-ortho nitro benzene ring substituents is 1. The van der Waals surface area contributed by atoms with Crippen LogP contribution in [-0.4, -0.2) is 52.3 Å². The molecular formula is C18H27N2O10PS. The van der Waals surface area contributed by atoms with Crippen LogP contribution in [0.4, 0.5) is 5.69 Å². The molecule has 0 saturated carbocycles. The molecule has 1 aromatic carbocycles. The van der Waals surface area contributed by atoms with Crippen molar-refractivity contribution in [2.45, 2.75) is 44.6 Å². The van der Waals surface area contributed by atoms with Crippen LogP contribution in [0.25, 0.3) is 0 Å². The van der Waals surface area contributed by atoms with E-state index in [-0.39, 0.29) is 17.7 Å². The lowest BCUT2D eigenvalue weighted by Gasteiger charge is -2.30. The Bertz CT molecular complexity index is 980. The van der Waals surface area contributed by atoms with Gasteiger partial charge in [-0.2, -0.15) is 0 Å². The number of sulfonamides is 1. The molecule has 0 radical (unpaired) electrons. The van der Waals surface area contributed by atoms with Gasteiger partial charge in [-0.05, 0) is 17.9 Å². The smallest absolute Gasteiger partial charge is 0.307 e. The van der Waals surface area contributed by atoms with Crippen molar-refractivity contribution >= 4 is 35.0 Å². The van der Waals surface area contributed by atoms with Gasteiger partial charge in [-0.25, -0.2) is 13.1 Å². The zero-order valence-electron chi connectivity index (χ0n) is 17.6. The van der Waals surface area contributed by atoms with Crippen LogP contribution >= 0.6 is 7.37 Å². The lowest BCUT2D eigenvalue weighted by Crippen LogP contribution is -2.41. The van der Waals surface area contributed by atoms with Crippen molar-refractivity contribution in [1.29, 1.82) is 0 Å². The quantitative estimate of drug-likeness (QED) is 0.169. The third kappa shape index (κ3) is 8.65. The van der Waals surface area contributed by atoms with Gasteiger partial charge in [-0.15, -0.1) is 0 Å². The fraction of sp³-hybridized carbons (Fsp3) is 0.556. The number of nitro benzene ring substituents is 1. The average Bonchev–Trinajstić information content (AvgIpc) is 2.68. The second-order valence-electron chi connectivity index (χ2n) is 7.54. The molecule has 1 aromatic rings. The summed E-state index contributed by atoms with van der Waals surface area (Å²) in [6.45, 7) is 3.20. The molecule has 0 saturated heterocycles. The number of carboxylic acid groups (broad SMARTS) is 2. The molecule has 180 valence electrons. The second-order valence-corrected chi connectivity index (χ2v) is 11.7. The van der Waals surface area contributed by atoms with Gasteiger partial charge in [-0.1, -0.05) is 32.4 Å². The molecule has 14 heteroatoms. The molecule has 0 spiro atoms. The van der Waals surface area contributed by atoms with E-state index < -0.39 is 70.2 Å². The van der Waals surface area contributed by atoms with Gasteiger partial charge in [0.1, 0.15) is 5.78 Å². The summed E-state index contributed by atoms with van der Waals surface area (Å²) in [4.78, 5) is 42.9. The van der Waals surface area contributed by atoms with Crippen molar-refractivity contribution in [2.24, 2.45) is 11.8 Å². The van der Waals surface area contributed by atoms with Crippen LogP contribution in [0.15, 0.2) is 24.3 Å². The van der Waals surface area contributed by atoms with Gasteiger partial charge < -0.3 is 15.1 Å². The van der Waals surface area contributed by atoms with E-state index in [1.807, 2.05) is 0 Å². The Balaban J connectivity index is 3.09. The van der Waals surface area contributed by atoms with Gasteiger partial charge in [0.05, 0.1) is 16.6 Å². The molecule has 4 N–H and O–H groups in total. The lowest BCUT2D eigenvalue weighted by molar-refractivity contribution is -0.384. The maximum atomic E-state index is 13.1. The van der Waals surface area contributed by atoms with Gasteiger partial charge >= 0.3 is 11.9 Å². The Labute approximate surface area is 185 Å². The Kier molecular flexibility index (Phi) is 9.96. The number of rotatable bonds is 14. The average molecular weight is 494 g/mol. The van der Waals surface area contributed by atoms with Crippen molar-refractivity contribution in [1.82, 2.24) is 4.72 Å². The van der Waals surface area contributed by atoms with E-state index >= 15 is 0 Å². The third-order valence-corrected chi connectivity index (χ3v) is 8.93. The lowest BCUT2D eigenvalue weighted by atomic mass is 10.1. The summed E-state index contributed by atoms with van der Waals surface area (Å²) < 4.78 is 40.6. The number of nitrogens with one attached hydrogen (secondary N) is 1. The molecule has 0 aliphatic heterocycles. The van der Waals surface area contributed by atoms with Crippen molar-refractivity contribution in [3.8, 4) is 0 Å². The van der Waals surface area contributed by atoms with Crippen LogP contribution in [0.5, 0.6) is 0 Å². The highest BCUT2D eigenvalue weighted by Crippen LogP contribution is 2.51. The van der Waals surface area contributed by atoms with Crippen molar-refractivity contribution < 1.29 is 42.6 Å². The zero-order chi connectivity index (χ0) is 24.7. The molecule has 12 nitrogen and oxygen atoms in total. The molecule has 4 atom stereocenters. The minimum Gasteiger partial charge on any atom is -0.481 e. The number of nitrogens with zero attached hydrogens (tertiary/aromatic N) is 1. The second kappa shape index (κ2) is 11.5. The van der Waals surface area contributed by atoms with E-state index in [0.717, 1.165) is 12.1 Å². The number of hydrogen-bond donors (Lipinski definition) is 4. The summed E-state index contributed by atoms with van der Waals surface area (Å²) in [6.07, 6.45) is -1.37. The van der Waals surface area contributed by atoms with Gasteiger partial charge in [-0.3, -0.25) is 24.3 Å². The summed E-state index contributed by atoms with van der Waals surface area (Å²) >= 11 is 0. The van der Waals surface area contributed by atoms with Gasteiger partial charge in [0.25, 0.3) is 5.69 Å². The Morgan fingerprint density at radius 1 is 1.22 bits per heavy atom. The summed E-state index contributed by atoms with van der Waals surface area (Å²) in [5.41, 5.74) is -0.0128. The topological polar surface area (TPSA) is 201 Å². The number of benzene rings is 1. The molecule has 32 heavy (non-hydrogen) atoms. The molecule has 0 fully saturated rings. The predicted molar refractivity (Wildman–Crippen MR) is 115 cm³/mol. The van der Waals surface area contributed by atoms with E-state index in [4.69, 9.17) is 5.11 Å². The molecule has 0 aromatic heterocycles. The van der Waals surface area contributed by atoms with Crippen LogP contribution in [0.3, 0.4) is 0 Å². The first-order valence-corrected chi connectivity index (χ1v) is 13.2. The maximum Gasteiger partial charge on any atom is 0.307 e. The summed E-state index contributed by atoms with van der Waals surface area (Å²) in [6, 6.07) is 4.77. The van der Waals surface area contributed by atoms with Crippen LogP contribution in [-0.2, 0) is 29.9 Å². The molecule has 1 rings (SSSR count). The maximum absolute atomic E-state index is 13.1. The van der Waals surface area contributed by atoms with E-state index in [2.05, 4.69) is 4.72 Å². The Morgan fingerprint density at radius 3 is 2.22 bits per heavy atom.